The van der Waals surface area contributed by atoms with Crippen molar-refractivity contribution in [3.8, 4) is 5.75 Å². The van der Waals surface area contributed by atoms with Gasteiger partial charge in [-0.1, -0.05) is 12.1 Å². The van der Waals surface area contributed by atoms with Crippen LogP contribution in [0.3, 0.4) is 0 Å². The molecule has 0 aromatic heterocycles. The molecule has 0 aliphatic carbocycles. The fourth-order valence-corrected chi connectivity index (χ4v) is 2.49. The molecule has 0 atom stereocenters. The summed E-state index contributed by atoms with van der Waals surface area (Å²) in [7, 11) is 0. The highest BCUT2D eigenvalue weighted by molar-refractivity contribution is 5.77. The Morgan fingerprint density at radius 2 is 1.75 bits per heavy atom. The van der Waals surface area contributed by atoms with Crippen LogP contribution in [-0.4, -0.2) is 61.5 Å². The number of benzene rings is 1. The second kappa shape index (κ2) is 8.34. The Bertz CT molecular complexity index is 526. The van der Waals surface area contributed by atoms with Gasteiger partial charge in [0.1, 0.15) is 12.4 Å². The number of rotatable bonds is 6. The molecule has 1 saturated heterocycles. The maximum absolute atomic E-state index is 12.1. The summed E-state index contributed by atoms with van der Waals surface area (Å²) in [6.07, 6.45) is -4.67. The normalized spacial score (nSPS) is 16.2. The third kappa shape index (κ3) is 6.01. The zero-order valence-electron chi connectivity index (χ0n) is 13.5. The van der Waals surface area contributed by atoms with E-state index in [0.717, 1.165) is 18.7 Å². The van der Waals surface area contributed by atoms with Gasteiger partial charge in [-0.05, 0) is 24.6 Å². The quantitative estimate of drug-likeness (QED) is 0.792. The van der Waals surface area contributed by atoms with Crippen LogP contribution in [-0.2, 0) is 16.1 Å². The van der Waals surface area contributed by atoms with E-state index in [4.69, 9.17) is 4.74 Å². The van der Waals surface area contributed by atoms with Gasteiger partial charge in [-0.25, -0.2) is 0 Å². The van der Waals surface area contributed by atoms with Gasteiger partial charge in [-0.2, -0.15) is 0 Å². The average Bonchev–Trinajstić information content (AvgIpc) is 2.54. The van der Waals surface area contributed by atoms with Crippen molar-refractivity contribution in [2.24, 2.45) is 0 Å². The van der Waals surface area contributed by atoms with Crippen LogP contribution in [0, 0.1) is 0 Å². The molecular weight excluding hydrogens is 325 g/mol. The van der Waals surface area contributed by atoms with E-state index in [0.29, 0.717) is 26.2 Å². The van der Waals surface area contributed by atoms with Crippen molar-refractivity contribution >= 4 is 5.91 Å². The molecule has 1 aromatic rings. The smallest absolute Gasteiger partial charge is 0.406 e. The molecular formula is C16H21F3N2O3. The Labute approximate surface area is 138 Å². The highest BCUT2D eigenvalue weighted by atomic mass is 19.4. The van der Waals surface area contributed by atoms with E-state index >= 15 is 0 Å². The number of ether oxygens (including phenoxy) is 2. The lowest BCUT2D eigenvalue weighted by Gasteiger charge is -2.34. The number of hydrogen-bond donors (Lipinski definition) is 0. The van der Waals surface area contributed by atoms with Crippen LogP contribution in [0.2, 0.25) is 0 Å². The van der Waals surface area contributed by atoms with Crippen LogP contribution >= 0.6 is 0 Å². The Kier molecular flexibility index (Phi) is 6.44. The molecule has 1 aliphatic heterocycles. The topological polar surface area (TPSA) is 42.0 Å². The molecule has 0 bridgehead atoms. The minimum atomic E-state index is -4.67. The lowest BCUT2D eigenvalue weighted by atomic mass is 10.2. The van der Waals surface area contributed by atoms with Gasteiger partial charge in [0.05, 0.1) is 0 Å². The van der Waals surface area contributed by atoms with Crippen molar-refractivity contribution in [3.05, 3.63) is 29.8 Å². The number of alkyl halides is 3. The van der Waals surface area contributed by atoms with Gasteiger partial charge in [-0.15, -0.1) is 13.2 Å². The molecule has 0 spiro atoms. The van der Waals surface area contributed by atoms with Crippen molar-refractivity contribution in [2.75, 3.05) is 39.4 Å². The second-order valence-corrected chi connectivity index (χ2v) is 5.49. The minimum Gasteiger partial charge on any atom is -0.406 e. The molecule has 0 N–H and O–H groups in total. The fourth-order valence-electron chi connectivity index (χ4n) is 2.49. The van der Waals surface area contributed by atoms with Crippen LogP contribution < -0.4 is 4.74 Å². The molecule has 1 heterocycles. The molecule has 1 aromatic carbocycles. The van der Waals surface area contributed by atoms with Gasteiger partial charge in [0.2, 0.25) is 5.91 Å². The molecule has 0 unspecified atom stereocenters. The number of nitrogens with zero attached hydrogens (tertiary/aromatic N) is 2. The third-order valence-corrected chi connectivity index (χ3v) is 3.72. The molecule has 1 fully saturated rings. The first kappa shape index (κ1) is 18.5. The maximum atomic E-state index is 12.1. The predicted molar refractivity (Wildman–Crippen MR) is 81.5 cm³/mol. The molecule has 1 amide bonds. The Hall–Kier alpha value is -1.80. The summed E-state index contributed by atoms with van der Waals surface area (Å²) in [4.78, 5) is 15.8. The van der Waals surface area contributed by atoms with E-state index in [2.05, 4.69) is 9.64 Å². The zero-order valence-corrected chi connectivity index (χ0v) is 13.5. The zero-order chi connectivity index (χ0) is 17.6. The monoisotopic (exact) mass is 346 g/mol. The Morgan fingerprint density at radius 1 is 1.12 bits per heavy atom. The van der Waals surface area contributed by atoms with Crippen LogP contribution in [0.4, 0.5) is 13.2 Å². The maximum Gasteiger partial charge on any atom is 0.573 e. The van der Waals surface area contributed by atoms with Crippen molar-refractivity contribution in [2.45, 2.75) is 19.8 Å². The van der Waals surface area contributed by atoms with E-state index < -0.39 is 6.36 Å². The molecule has 0 radical (unpaired) electrons. The average molecular weight is 346 g/mol. The van der Waals surface area contributed by atoms with E-state index in [9.17, 15) is 18.0 Å². The summed E-state index contributed by atoms with van der Waals surface area (Å²) in [6, 6.07) is 5.86. The Morgan fingerprint density at radius 3 is 2.29 bits per heavy atom. The standard InChI is InChI=1S/C16H21F3N2O3/c1-2-23-12-15(22)21-9-7-20(8-10-21)11-13-3-5-14(6-4-13)24-16(17,18)19/h3-6H,2,7-12H2,1H3. The summed E-state index contributed by atoms with van der Waals surface area (Å²) in [6.45, 7) is 5.78. The number of hydrogen-bond acceptors (Lipinski definition) is 4. The Balaban J connectivity index is 1.78. The van der Waals surface area contributed by atoms with Crippen LogP contribution in [0.5, 0.6) is 5.75 Å². The summed E-state index contributed by atoms with van der Waals surface area (Å²) in [5.74, 6) is -0.234. The number of amides is 1. The number of halogens is 3. The molecule has 2 rings (SSSR count). The van der Waals surface area contributed by atoms with Crippen molar-refractivity contribution in [1.82, 2.24) is 9.80 Å². The van der Waals surface area contributed by atoms with Gasteiger partial charge in [0.15, 0.2) is 0 Å². The van der Waals surface area contributed by atoms with Gasteiger partial charge in [0, 0.05) is 39.3 Å². The summed E-state index contributed by atoms with van der Waals surface area (Å²) >= 11 is 0. The first-order chi connectivity index (χ1) is 11.4. The van der Waals surface area contributed by atoms with E-state index in [1.54, 1.807) is 17.0 Å². The van der Waals surface area contributed by atoms with Crippen molar-refractivity contribution in [3.63, 3.8) is 0 Å². The van der Waals surface area contributed by atoms with Crippen LogP contribution in [0.25, 0.3) is 0 Å². The van der Waals surface area contributed by atoms with Crippen LogP contribution in [0.15, 0.2) is 24.3 Å². The van der Waals surface area contributed by atoms with Gasteiger partial charge >= 0.3 is 6.36 Å². The predicted octanol–water partition coefficient (Wildman–Crippen LogP) is 2.27. The summed E-state index contributed by atoms with van der Waals surface area (Å²) in [5, 5.41) is 0. The molecule has 1 aliphatic rings. The van der Waals surface area contributed by atoms with Crippen molar-refractivity contribution in [1.29, 1.82) is 0 Å². The van der Waals surface area contributed by atoms with Crippen LogP contribution in [0.1, 0.15) is 12.5 Å². The second-order valence-electron chi connectivity index (χ2n) is 5.49. The molecule has 24 heavy (non-hydrogen) atoms. The van der Waals surface area contributed by atoms with Crippen molar-refractivity contribution < 1.29 is 27.4 Å². The molecule has 134 valence electrons. The van der Waals surface area contributed by atoms with E-state index in [1.165, 1.54) is 12.1 Å². The number of carbonyl (C=O) groups is 1. The lowest BCUT2D eigenvalue weighted by molar-refractivity contribution is -0.274. The molecule has 0 saturated carbocycles. The highest BCUT2D eigenvalue weighted by Gasteiger charge is 2.31. The fraction of sp³-hybridized carbons (Fsp3) is 0.562. The van der Waals surface area contributed by atoms with E-state index in [-0.39, 0.29) is 18.3 Å². The summed E-state index contributed by atoms with van der Waals surface area (Å²) in [5.41, 5.74) is 0.901. The van der Waals surface area contributed by atoms with E-state index in [1.807, 2.05) is 6.92 Å². The first-order valence-electron chi connectivity index (χ1n) is 7.80. The van der Waals surface area contributed by atoms with Gasteiger partial charge in [-0.3, -0.25) is 9.69 Å². The highest BCUT2D eigenvalue weighted by Crippen LogP contribution is 2.23. The third-order valence-electron chi connectivity index (χ3n) is 3.72. The summed E-state index contributed by atoms with van der Waals surface area (Å²) < 4.78 is 45.3. The number of piperazine rings is 1. The van der Waals surface area contributed by atoms with Gasteiger partial charge < -0.3 is 14.4 Å². The molecule has 8 heteroatoms. The minimum absolute atomic E-state index is 0.00912. The van der Waals surface area contributed by atoms with Gasteiger partial charge in [0.25, 0.3) is 0 Å². The number of carbonyl (C=O) groups excluding carboxylic acids is 1. The lowest BCUT2D eigenvalue weighted by Crippen LogP contribution is -2.49. The largest absolute Gasteiger partial charge is 0.573 e. The molecule has 5 nitrogen and oxygen atoms in total. The first-order valence-corrected chi connectivity index (χ1v) is 7.80. The SMILES string of the molecule is CCOCC(=O)N1CCN(Cc2ccc(OC(F)(F)F)cc2)CC1.